The lowest BCUT2D eigenvalue weighted by atomic mass is 10.1. The molecule has 164 valence electrons. The van der Waals surface area contributed by atoms with E-state index in [0.717, 1.165) is 54.5 Å². The van der Waals surface area contributed by atoms with Gasteiger partial charge in [0.25, 0.3) is 0 Å². The van der Waals surface area contributed by atoms with Crippen molar-refractivity contribution in [1.29, 1.82) is 0 Å². The zero-order valence-corrected chi connectivity index (χ0v) is 19.3. The zero-order valence-electron chi connectivity index (χ0n) is 18.5. The molecule has 1 aliphatic rings. The average Bonchev–Trinajstić information content (AvgIpc) is 3.24. The molecule has 4 aromatic rings. The molecule has 0 atom stereocenters. The van der Waals surface area contributed by atoms with Crippen LogP contribution in [0.15, 0.2) is 55.0 Å². The van der Waals surface area contributed by atoms with Crippen LogP contribution in [0.5, 0.6) is 5.75 Å². The molecule has 3 aromatic heterocycles. The standard InChI is InChI=1S/C25H26ClN5O/c1-17-4-5-24(27-15-17)30-10-8-29(9-11-30)19-6-7-31-16-22(28-25(31)13-19)20-14-21(26)23(32-3)12-18(20)2/h4-7,12-16H,8-11H2,1-3H3. The molecule has 0 amide bonds. The van der Waals surface area contributed by atoms with Gasteiger partial charge in [0.15, 0.2) is 0 Å². The zero-order chi connectivity index (χ0) is 22.2. The molecule has 0 unspecified atom stereocenters. The van der Waals surface area contributed by atoms with Gasteiger partial charge < -0.3 is 18.9 Å². The number of hydrogen-bond donors (Lipinski definition) is 0. The van der Waals surface area contributed by atoms with Crippen molar-refractivity contribution in [2.75, 3.05) is 43.1 Å². The second-order valence-corrected chi connectivity index (χ2v) is 8.65. The van der Waals surface area contributed by atoms with Gasteiger partial charge in [0, 0.05) is 62.1 Å². The monoisotopic (exact) mass is 447 g/mol. The van der Waals surface area contributed by atoms with E-state index in [9.17, 15) is 0 Å². The molecule has 0 bridgehead atoms. The molecule has 0 saturated carbocycles. The van der Waals surface area contributed by atoms with Gasteiger partial charge in [0.2, 0.25) is 0 Å². The van der Waals surface area contributed by atoms with E-state index in [1.807, 2.05) is 31.5 Å². The maximum absolute atomic E-state index is 6.37. The van der Waals surface area contributed by atoms with E-state index in [1.165, 1.54) is 11.3 Å². The van der Waals surface area contributed by atoms with E-state index in [2.05, 4.69) is 56.6 Å². The number of nitrogens with zero attached hydrogens (tertiary/aromatic N) is 5. The van der Waals surface area contributed by atoms with Gasteiger partial charge >= 0.3 is 0 Å². The minimum absolute atomic E-state index is 0.590. The highest BCUT2D eigenvalue weighted by Crippen LogP contribution is 2.33. The average molecular weight is 448 g/mol. The number of aryl methyl sites for hydroxylation is 2. The van der Waals surface area contributed by atoms with Crippen molar-refractivity contribution in [2.45, 2.75) is 13.8 Å². The SMILES string of the molecule is COc1cc(C)c(-c2cn3ccc(N4CCN(c5ccc(C)cn5)CC4)cc3n2)cc1Cl. The lowest BCUT2D eigenvalue weighted by Crippen LogP contribution is -2.46. The van der Waals surface area contributed by atoms with Crippen molar-refractivity contribution in [3.8, 4) is 17.0 Å². The molecule has 0 N–H and O–H groups in total. The van der Waals surface area contributed by atoms with Crippen LogP contribution in [0.25, 0.3) is 16.9 Å². The Morgan fingerprint density at radius 2 is 1.75 bits per heavy atom. The van der Waals surface area contributed by atoms with Gasteiger partial charge in [-0.1, -0.05) is 17.7 Å². The van der Waals surface area contributed by atoms with Crippen molar-refractivity contribution < 1.29 is 4.74 Å². The number of halogens is 1. The highest BCUT2D eigenvalue weighted by Gasteiger charge is 2.19. The Hall–Kier alpha value is -3.25. The summed E-state index contributed by atoms with van der Waals surface area (Å²) in [5, 5.41) is 0.590. The van der Waals surface area contributed by atoms with Crippen LogP contribution < -0.4 is 14.5 Å². The minimum atomic E-state index is 0.590. The van der Waals surface area contributed by atoms with Crippen LogP contribution in [-0.4, -0.2) is 47.7 Å². The second-order valence-electron chi connectivity index (χ2n) is 8.25. The van der Waals surface area contributed by atoms with Crippen molar-refractivity contribution in [3.05, 3.63) is 71.1 Å². The number of ether oxygens (including phenoxy) is 1. The van der Waals surface area contributed by atoms with Crippen LogP contribution in [0.3, 0.4) is 0 Å². The molecule has 5 rings (SSSR count). The molecule has 0 aliphatic carbocycles. The molecule has 1 saturated heterocycles. The lowest BCUT2D eigenvalue weighted by Gasteiger charge is -2.36. The molecule has 7 heteroatoms. The van der Waals surface area contributed by atoms with Crippen molar-refractivity contribution in [1.82, 2.24) is 14.4 Å². The normalized spacial score (nSPS) is 14.2. The number of fused-ring (bicyclic) bond motifs is 1. The summed E-state index contributed by atoms with van der Waals surface area (Å²) in [6.07, 6.45) is 6.06. The summed E-state index contributed by atoms with van der Waals surface area (Å²) in [5.74, 6) is 1.73. The summed E-state index contributed by atoms with van der Waals surface area (Å²) < 4.78 is 7.39. The van der Waals surface area contributed by atoms with Crippen molar-refractivity contribution in [2.24, 2.45) is 0 Å². The van der Waals surface area contributed by atoms with Crippen LogP contribution in [-0.2, 0) is 0 Å². The summed E-state index contributed by atoms with van der Waals surface area (Å²) in [5.41, 5.74) is 6.30. The first kappa shape index (κ1) is 20.6. The summed E-state index contributed by atoms with van der Waals surface area (Å²) in [6, 6.07) is 12.4. The second kappa shape index (κ2) is 8.36. The Morgan fingerprint density at radius 3 is 2.47 bits per heavy atom. The quantitative estimate of drug-likeness (QED) is 0.440. The van der Waals surface area contributed by atoms with Crippen LogP contribution in [0.1, 0.15) is 11.1 Å². The van der Waals surface area contributed by atoms with Gasteiger partial charge in [0.05, 0.1) is 17.8 Å². The molecular weight excluding hydrogens is 422 g/mol. The van der Waals surface area contributed by atoms with Crippen LogP contribution in [0.4, 0.5) is 11.5 Å². The Balaban J connectivity index is 1.36. The lowest BCUT2D eigenvalue weighted by molar-refractivity contribution is 0.415. The Morgan fingerprint density at radius 1 is 0.969 bits per heavy atom. The van der Waals surface area contributed by atoms with Gasteiger partial charge in [-0.05, 0) is 49.2 Å². The Bertz CT molecular complexity index is 1260. The number of rotatable bonds is 4. The van der Waals surface area contributed by atoms with Crippen molar-refractivity contribution >= 4 is 28.8 Å². The summed E-state index contributed by atoms with van der Waals surface area (Å²) in [6.45, 7) is 7.91. The number of anilines is 2. The molecular formula is C25H26ClN5O. The van der Waals surface area contributed by atoms with E-state index in [4.69, 9.17) is 21.3 Å². The molecule has 32 heavy (non-hydrogen) atoms. The maximum Gasteiger partial charge on any atom is 0.139 e. The fourth-order valence-electron chi connectivity index (χ4n) is 4.23. The molecule has 6 nitrogen and oxygen atoms in total. The first-order valence-corrected chi connectivity index (χ1v) is 11.2. The molecule has 4 heterocycles. The van der Waals surface area contributed by atoms with E-state index in [1.54, 1.807) is 7.11 Å². The third-order valence-electron chi connectivity index (χ3n) is 6.08. The third kappa shape index (κ3) is 3.86. The predicted molar refractivity (Wildman–Crippen MR) is 130 cm³/mol. The number of pyridine rings is 2. The van der Waals surface area contributed by atoms with Gasteiger partial charge in [-0.15, -0.1) is 0 Å². The van der Waals surface area contributed by atoms with Crippen LogP contribution >= 0.6 is 11.6 Å². The summed E-state index contributed by atoms with van der Waals surface area (Å²) >= 11 is 6.37. The highest BCUT2D eigenvalue weighted by molar-refractivity contribution is 6.32. The number of hydrogen-bond acceptors (Lipinski definition) is 5. The van der Waals surface area contributed by atoms with E-state index < -0.39 is 0 Å². The fourth-order valence-corrected chi connectivity index (χ4v) is 4.47. The first-order chi connectivity index (χ1) is 15.5. The molecule has 1 aromatic carbocycles. The van der Waals surface area contributed by atoms with E-state index >= 15 is 0 Å². The molecule has 1 fully saturated rings. The maximum atomic E-state index is 6.37. The topological polar surface area (TPSA) is 45.9 Å². The Kier molecular flexibility index (Phi) is 5.39. The number of piperazine rings is 1. The minimum Gasteiger partial charge on any atom is -0.495 e. The van der Waals surface area contributed by atoms with E-state index in [-0.39, 0.29) is 0 Å². The Labute approximate surface area is 193 Å². The van der Waals surface area contributed by atoms with Gasteiger partial charge in [-0.3, -0.25) is 0 Å². The van der Waals surface area contributed by atoms with Crippen LogP contribution in [0.2, 0.25) is 5.02 Å². The van der Waals surface area contributed by atoms with E-state index in [0.29, 0.717) is 10.8 Å². The number of imidazole rings is 1. The third-order valence-corrected chi connectivity index (χ3v) is 6.38. The van der Waals surface area contributed by atoms with Gasteiger partial charge in [-0.2, -0.15) is 0 Å². The predicted octanol–water partition coefficient (Wildman–Crippen LogP) is 5.00. The number of benzene rings is 1. The van der Waals surface area contributed by atoms with Gasteiger partial charge in [0.1, 0.15) is 17.2 Å². The number of methoxy groups -OCH3 is 1. The highest BCUT2D eigenvalue weighted by atomic mass is 35.5. The van der Waals surface area contributed by atoms with Gasteiger partial charge in [-0.25, -0.2) is 9.97 Å². The molecule has 1 aliphatic heterocycles. The van der Waals surface area contributed by atoms with Crippen molar-refractivity contribution in [3.63, 3.8) is 0 Å². The summed E-state index contributed by atoms with van der Waals surface area (Å²) in [7, 11) is 1.63. The molecule has 0 spiro atoms. The number of aromatic nitrogens is 3. The smallest absolute Gasteiger partial charge is 0.139 e. The fraction of sp³-hybridized carbons (Fsp3) is 0.280. The molecule has 0 radical (unpaired) electrons. The largest absolute Gasteiger partial charge is 0.495 e. The van der Waals surface area contributed by atoms with Crippen LogP contribution in [0, 0.1) is 13.8 Å². The first-order valence-electron chi connectivity index (χ1n) is 10.8. The summed E-state index contributed by atoms with van der Waals surface area (Å²) in [4.78, 5) is 14.2.